The average molecular weight is 494 g/mol. The van der Waals surface area contributed by atoms with Gasteiger partial charge >= 0.3 is 94.4 Å². The Morgan fingerprint density at radius 1 is 0.818 bits per heavy atom. The molecule has 0 aromatic rings. The molecule has 0 N–H and O–H groups in total. The molecule has 0 fully saturated rings. The molecule has 0 atom stereocenters. The second kappa shape index (κ2) is 6.16. The molecule has 56 valence electrons. The van der Waals surface area contributed by atoms with Gasteiger partial charge in [0.25, 0.3) is 0 Å². The number of hydrogen-bond acceptors (Lipinski definition) is 7. The van der Waals surface area contributed by atoms with Crippen molar-refractivity contribution in [3.05, 3.63) is 0 Å². The molecule has 0 aliphatic heterocycles. The molecule has 11 heavy (non-hydrogen) atoms. The first-order valence-electron chi connectivity index (χ1n) is 1.33. The summed E-state index contributed by atoms with van der Waals surface area (Å²) in [4.78, 5) is 0. The van der Waals surface area contributed by atoms with Gasteiger partial charge in [-0.25, -0.2) is 0 Å². The summed E-state index contributed by atoms with van der Waals surface area (Å²) in [6.07, 6.45) is 0. The van der Waals surface area contributed by atoms with E-state index in [9.17, 15) is 21.1 Å². The van der Waals surface area contributed by atoms with E-state index >= 15 is 0 Å². The van der Waals surface area contributed by atoms with Crippen LogP contribution in [0, 0.1) is 0 Å². The molecule has 0 aliphatic carbocycles. The van der Waals surface area contributed by atoms with Crippen molar-refractivity contribution in [2.24, 2.45) is 0 Å². The van der Waals surface area contributed by atoms with E-state index in [1.807, 2.05) is 0 Å². The van der Waals surface area contributed by atoms with Gasteiger partial charge in [-0.3, -0.25) is 0 Å². The van der Waals surface area contributed by atoms with Gasteiger partial charge in [0.15, 0.2) is 0 Å². The Morgan fingerprint density at radius 2 is 1.00 bits per heavy atom. The summed E-state index contributed by atoms with van der Waals surface area (Å²) in [6, 6.07) is 0. The Morgan fingerprint density at radius 3 is 1.00 bits per heavy atom. The fourth-order valence-electron chi connectivity index (χ4n) is 0.102. The first-order chi connectivity index (χ1) is 3.71. The summed E-state index contributed by atoms with van der Waals surface area (Å²) in [5.74, 6) is 0. The Hall–Kier alpha value is 1.65. The molecule has 0 radical (unpaired) electrons. The molecule has 0 rings (SSSR count). The van der Waals surface area contributed by atoms with Crippen molar-refractivity contribution in [1.29, 1.82) is 0 Å². The van der Waals surface area contributed by atoms with E-state index < -0.39 is 33.5 Å². The van der Waals surface area contributed by atoms with Gasteiger partial charge in [-0.15, -0.1) is 0 Å². The molecule has 0 unspecified atom stereocenters. The average Bonchev–Trinajstić information content (AvgIpc) is 1.14. The predicted molar refractivity (Wildman–Crippen MR) is 3.83 cm³/mol. The second-order valence-corrected chi connectivity index (χ2v) is 11.2. The Balaban J connectivity index is -0.000000320. The van der Waals surface area contributed by atoms with E-state index in [1.165, 1.54) is 0 Å². The van der Waals surface area contributed by atoms with Crippen LogP contribution in [0.5, 0.6) is 0 Å². The van der Waals surface area contributed by atoms with E-state index in [0.717, 1.165) is 0 Å². The van der Waals surface area contributed by atoms with Crippen molar-refractivity contribution in [2.75, 3.05) is 0 Å². The third kappa shape index (κ3) is 18.5. The summed E-state index contributed by atoms with van der Waals surface area (Å²) >= 11 is -13.1. The van der Waals surface area contributed by atoms with Crippen LogP contribution in [0.4, 0.5) is 0 Å². The third-order valence-electron chi connectivity index (χ3n) is 0.167. The summed E-state index contributed by atoms with van der Waals surface area (Å²) in [5, 5.41) is 0. The van der Waals surface area contributed by atoms with Gasteiger partial charge in [-0.2, -0.15) is 0 Å². The molecular formula is Li2O7W2. The molecule has 0 saturated heterocycles. The van der Waals surface area contributed by atoms with Crippen molar-refractivity contribution in [3.8, 4) is 0 Å². The van der Waals surface area contributed by atoms with Crippen LogP contribution in [-0.2, 0) is 49.1 Å². The monoisotopic (exact) mass is 494 g/mol. The zero-order valence-corrected chi connectivity index (χ0v) is 11.5. The van der Waals surface area contributed by atoms with Crippen molar-refractivity contribution in [3.63, 3.8) is 0 Å². The second-order valence-electron chi connectivity index (χ2n) is 0.885. The maximum atomic E-state index is 9.45. The van der Waals surface area contributed by atoms with E-state index in [0.29, 0.717) is 0 Å². The van der Waals surface area contributed by atoms with Crippen molar-refractivity contribution < 1.29 is 94.4 Å². The summed E-state index contributed by atoms with van der Waals surface area (Å²) in [7, 11) is 0. The minimum atomic E-state index is -6.53. The van der Waals surface area contributed by atoms with Gasteiger partial charge in [0.05, 0.1) is 0 Å². The molecule has 0 heterocycles. The van der Waals surface area contributed by atoms with Crippen molar-refractivity contribution in [1.82, 2.24) is 0 Å². The van der Waals surface area contributed by atoms with Gasteiger partial charge in [0.2, 0.25) is 0 Å². The Kier molecular flexibility index (Phi) is 10.3. The molecular weight excluding hydrogens is 494 g/mol. The van der Waals surface area contributed by atoms with E-state index in [1.54, 1.807) is 0 Å². The van der Waals surface area contributed by atoms with Crippen LogP contribution >= 0.6 is 0 Å². The van der Waals surface area contributed by atoms with Gasteiger partial charge < -0.3 is 0 Å². The minimum absolute atomic E-state index is 0. The summed E-state index contributed by atoms with van der Waals surface area (Å²) in [5.41, 5.74) is 0. The van der Waals surface area contributed by atoms with Crippen LogP contribution in [0.3, 0.4) is 0 Å². The first kappa shape index (κ1) is 18.4. The topological polar surface area (TPSA) is 124 Å². The van der Waals surface area contributed by atoms with Gasteiger partial charge in [-0.05, 0) is 0 Å². The van der Waals surface area contributed by atoms with Crippen LogP contribution in [0.25, 0.3) is 0 Å². The van der Waals surface area contributed by atoms with Crippen LogP contribution in [0.2, 0.25) is 0 Å². The third-order valence-corrected chi connectivity index (χ3v) is 11.2. The van der Waals surface area contributed by atoms with E-state index in [4.69, 9.17) is 0 Å². The fourth-order valence-corrected chi connectivity index (χ4v) is 6.84. The van der Waals surface area contributed by atoms with Crippen LogP contribution in [0.1, 0.15) is 0 Å². The summed E-state index contributed by atoms with van der Waals surface area (Å²) < 4.78 is 59.4. The molecule has 7 nitrogen and oxygen atoms in total. The fraction of sp³-hybridized carbons (Fsp3) is 0. The number of hydrogen-bond donors (Lipinski definition) is 0. The molecule has 0 spiro atoms. The van der Waals surface area contributed by atoms with E-state index in [2.05, 4.69) is 2.04 Å². The summed E-state index contributed by atoms with van der Waals surface area (Å²) in [6.45, 7) is 0. The normalized spacial score (nSPS) is 11.1. The van der Waals surface area contributed by atoms with Crippen molar-refractivity contribution >= 4 is 0 Å². The predicted octanol–water partition coefficient (Wildman–Crippen LogP) is -8.92. The number of rotatable bonds is 2. The molecule has 0 aliphatic rings. The first-order valence-corrected chi connectivity index (χ1v) is 10.9. The molecule has 11 heteroatoms. The van der Waals surface area contributed by atoms with Gasteiger partial charge in [-0.1, -0.05) is 0 Å². The maximum absolute atomic E-state index is 9.45. The standard InChI is InChI=1S/2Li.7O.2W/q2*+1;;;;;;2*-1;;. The van der Waals surface area contributed by atoms with Gasteiger partial charge in [0.1, 0.15) is 0 Å². The zero-order chi connectivity index (χ0) is 7.71. The molecule has 0 aromatic carbocycles. The Labute approximate surface area is 93.3 Å². The van der Waals surface area contributed by atoms with Gasteiger partial charge in [0, 0.05) is 0 Å². The van der Waals surface area contributed by atoms with Crippen LogP contribution in [0.15, 0.2) is 0 Å². The molecule has 0 saturated carbocycles. The van der Waals surface area contributed by atoms with Crippen molar-refractivity contribution in [2.45, 2.75) is 0 Å². The molecule has 0 aromatic heterocycles. The quantitative estimate of drug-likeness (QED) is 0.350. The molecule has 0 bridgehead atoms. The van der Waals surface area contributed by atoms with Crippen LogP contribution in [-0.4, -0.2) is 0 Å². The van der Waals surface area contributed by atoms with E-state index in [-0.39, 0.29) is 37.7 Å². The Bertz CT molecular complexity index is 240. The molecule has 0 amide bonds. The van der Waals surface area contributed by atoms with Crippen LogP contribution < -0.4 is 45.2 Å². The SMILES string of the molecule is [Li+].[Li+].[O]=[W](=[O])([O-])[O][W](=[O])(=[O])[O-]. The zero-order valence-electron chi connectivity index (χ0n) is 5.67.